The van der Waals surface area contributed by atoms with Crippen molar-refractivity contribution in [3.63, 3.8) is 0 Å². The summed E-state index contributed by atoms with van der Waals surface area (Å²) in [5, 5.41) is 19.1. The molecule has 0 aromatic heterocycles. The van der Waals surface area contributed by atoms with Crippen LogP contribution in [-0.2, 0) is 4.74 Å². The number of hydrogen-bond acceptors (Lipinski definition) is 4. The van der Waals surface area contributed by atoms with Crippen molar-refractivity contribution < 1.29 is 4.74 Å². The van der Waals surface area contributed by atoms with Crippen molar-refractivity contribution in [1.82, 2.24) is 5.32 Å². The summed E-state index contributed by atoms with van der Waals surface area (Å²) in [6, 6.07) is 17.0. The van der Waals surface area contributed by atoms with Crippen LogP contribution < -0.4 is 5.32 Å². The summed E-state index contributed by atoms with van der Waals surface area (Å²) in [6.07, 6.45) is 2.19. The van der Waals surface area contributed by atoms with Gasteiger partial charge in [0.25, 0.3) is 0 Å². The molecule has 0 aliphatic carbocycles. The van der Waals surface area contributed by atoms with E-state index in [1.807, 2.05) is 31.2 Å². The fraction of sp³-hybridized carbons (Fsp3) is 0.300. The maximum atomic E-state index is 7.70. The van der Waals surface area contributed by atoms with Crippen LogP contribution in [0.2, 0.25) is 0 Å². The smallest absolute Gasteiger partial charge is 0.212 e. The summed E-state index contributed by atoms with van der Waals surface area (Å²) in [4.78, 5) is 0. The van der Waals surface area contributed by atoms with Crippen LogP contribution in [0.25, 0.3) is 0 Å². The molecule has 4 heteroatoms. The quantitative estimate of drug-likeness (QED) is 0.583. The van der Waals surface area contributed by atoms with Crippen LogP contribution in [0.5, 0.6) is 0 Å². The standard InChI is InChI=1S/C20H23N3O/c1-13(21)14-3-5-15(6-4-14)18-11-12-19(23-18)16-7-9-17(10-8-16)20(22)24-2/h3-10,18-19,21-23H,11-12H2,1-2H3. The van der Waals surface area contributed by atoms with E-state index in [0.717, 1.165) is 24.0 Å². The van der Waals surface area contributed by atoms with Gasteiger partial charge in [-0.3, -0.25) is 5.41 Å². The number of nitrogens with one attached hydrogen (secondary N) is 3. The van der Waals surface area contributed by atoms with Crippen LogP contribution in [0.1, 0.15) is 54.1 Å². The van der Waals surface area contributed by atoms with Crippen molar-refractivity contribution in [2.45, 2.75) is 31.8 Å². The van der Waals surface area contributed by atoms with Crippen LogP contribution >= 0.6 is 0 Å². The number of rotatable bonds is 4. The Morgan fingerprint density at radius 3 is 1.75 bits per heavy atom. The van der Waals surface area contributed by atoms with E-state index >= 15 is 0 Å². The van der Waals surface area contributed by atoms with Gasteiger partial charge in [0, 0.05) is 23.4 Å². The molecule has 2 aromatic rings. The molecule has 1 heterocycles. The molecule has 0 amide bonds. The molecule has 3 N–H and O–H groups in total. The Labute approximate surface area is 142 Å². The van der Waals surface area contributed by atoms with Gasteiger partial charge < -0.3 is 15.5 Å². The fourth-order valence-corrected chi connectivity index (χ4v) is 3.22. The van der Waals surface area contributed by atoms with E-state index in [9.17, 15) is 0 Å². The molecule has 3 rings (SSSR count). The van der Waals surface area contributed by atoms with Crippen LogP contribution in [-0.4, -0.2) is 18.7 Å². The molecule has 0 radical (unpaired) electrons. The molecule has 1 saturated heterocycles. The molecule has 2 aromatic carbocycles. The number of ether oxygens (including phenoxy) is 1. The lowest BCUT2D eigenvalue weighted by atomic mass is 10.0. The van der Waals surface area contributed by atoms with Gasteiger partial charge >= 0.3 is 0 Å². The maximum Gasteiger partial charge on any atom is 0.212 e. The number of methoxy groups -OCH3 is 1. The lowest BCUT2D eigenvalue weighted by molar-refractivity contribution is 0.401. The van der Waals surface area contributed by atoms with Gasteiger partial charge in [0.1, 0.15) is 0 Å². The highest BCUT2D eigenvalue weighted by Gasteiger charge is 2.26. The molecule has 24 heavy (non-hydrogen) atoms. The Bertz CT molecular complexity index is 734. The van der Waals surface area contributed by atoms with Crippen molar-refractivity contribution in [3.8, 4) is 0 Å². The minimum Gasteiger partial charge on any atom is -0.481 e. The van der Waals surface area contributed by atoms with Gasteiger partial charge in [0.15, 0.2) is 0 Å². The molecule has 2 atom stereocenters. The Kier molecular flexibility index (Phi) is 4.76. The lowest BCUT2D eigenvalue weighted by Crippen LogP contribution is -2.17. The van der Waals surface area contributed by atoms with Crippen LogP contribution in [0.3, 0.4) is 0 Å². The van der Waals surface area contributed by atoms with E-state index in [2.05, 4.69) is 29.6 Å². The topological polar surface area (TPSA) is 69.0 Å². The predicted molar refractivity (Wildman–Crippen MR) is 97.1 cm³/mol. The zero-order valence-corrected chi connectivity index (χ0v) is 14.1. The third-order valence-electron chi connectivity index (χ3n) is 4.67. The van der Waals surface area contributed by atoms with Crippen molar-refractivity contribution in [2.75, 3.05) is 7.11 Å². The van der Waals surface area contributed by atoms with Crippen molar-refractivity contribution in [2.24, 2.45) is 0 Å². The molecule has 124 valence electrons. The summed E-state index contributed by atoms with van der Waals surface area (Å²) in [6.45, 7) is 1.81. The van der Waals surface area contributed by atoms with E-state index in [4.69, 9.17) is 15.6 Å². The second-order valence-corrected chi connectivity index (χ2v) is 6.25. The lowest BCUT2D eigenvalue weighted by Gasteiger charge is -2.16. The molecule has 0 bridgehead atoms. The zero-order valence-electron chi connectivity index (χ0n) is 14.1. The fourth-order valence-electron chi connectivity index (χ4n) is 3.22. The average molecular weight is 321 g/mol. The SMILES string of the molecule is COC(=N)c1ccc(C2CCC(c3ccc(C(C)=N)cc3)N2)cc1. The summed E-state index contributed by atoms with van der Waals surface area (Å²) >= 11 is 0. The third kappa shape index (κ3) is 3.39. The first-order valence-electron chi connectivity index (χ1n) is 8.23. The highest BCUT2D eigenvalue weighted by molar-refractivity contribution is 5.96. The third-order valence-corrected chi connectivity index (χ3v) is 4.67. The van der Waals surface area contributed by atoms with Gasteiger partial charge in [-0.1, -0.05) is 36.4 Å². The highest BCUT2D eigenvalue weighted by Crippen LogP contribution is 2.34. The predicted octanol–water partition coefficient (Wildman–Crippen LogP) is 4.21. The molecule has 1 aliphatic heterocycles. The minimum absolute atomic E-state index is 0.195. The second kappa shape index (κ2) is 6.97. The summed E-state index contributed by atoms with van der Waals surface area (Å²) < 4.78 is 4.96. The molecular weight excluding hydrogens is 298 g/mol. The maximum absolute atomic E-state index is 7.70. The number of hydrogen-bond donors (Lipinski definition) is 3. The van der Waals surface area contributed by atoms with Crippen LogP contribution in [0.15, 0.2) is 48.5 Å². The van der Waals surface area contributed by atoms with Gasteiger partial charge in [0.05, 0.1) is 7.11 Å². The Hall–Kier alpha value is -2.46. The van der Waals surface area contributed by atoms with E-state index in [1.54, 1.807) is 0 Å². The van der Waals surface area contributed by atoms with Gasteiger partial charge in [-0.15, -0.1) is 0 Å². The molecule has 0 saturated carbocycles. The number of benzene rings is 2. The van der Waals surface area contributed by atoms with Crippen molar-refractivity contribution in [1.29, 1.82) is 10.8 Å². The molecule has 1 fully saturated rings. The Morgan fingerprint density at radius 2 is 1.33 bits per heavy atom. The molecule has 4 nitrogen and oxygen atoms in total. The van der Waals surface area contributed by atoms with Crippen molar-refractivity contribution in [3.05, 3.63) is 70.8 Å². The first kappa shape index (κ1) is 16.4. The van der Waals surface area contributed by atoms with E-state index in [-0.39, 0.29) is 5.90 Å². The van der Waals surface area contributed by atoms with Gasteiger partial charge in [-0.2, -0.15) is 0 Å². The first-order valence-corrected chi connectivity index (χ1v) is 8.23. The average Bonchev–Trinajstić information content (AvgIpc) is 3.11. The molecule has 0 spiro atoms. The highest BCUT2D eigenvalue weighted by atomic mass is 16.5. The van der Waals surface area contributed by atoms with Crippen molar-refractivity contribution >= 4 is 11.6 Å². The van der Waals surface area contributed by atoms with E-state index in [1.165, 1.54) is 18.2 Å². The van der Waals surface area contributed by atoms with Gasteiger partial charge in [-0.05, 0) is 48.6 Å². The first-order chi connectivity index (χ1) is 11.6. The minimum atomic E-state index is 0.195. The van der Waals surface area contributed by atoms with E-state index in [0.29, 0.717) is 17.8 Å². The molecular formula is C20H23N3O. The largest absolute Gasteiger partial charge is 0.481 e. The summed E-state index contributed by atoms with van der Waals surface area (Å²) in [7, 11) is 1.52. The Morgan fingerprint density at radius 1 is 0.875 bits per heavy atom. The van der Waals surface area contributed by atoms with Gasteiger partial charge in [-0.25, -0.2) is 0 Å². The summed E-state index contributed by atoms with van der Waals surface area (Å²) in [5.41, 5.74) is 4.90. The van der Waals surface area contributed by atoms with Crippen LogP contribution in [0.4, 0.5) is 0 Å². The van der Waals surface area contributed by atoms with E-state index < -0.39 is 0 Å². The monoisotopic (exact) mass is 321 g/mol. The normalized spacial score (nSPS) is 19.9. The summed E-state index contributed by atoms with van der Waals surface area (Å²) in [5.74, 6) is 0.195. The Balaban J connectivity index is 1.68. The zero-order chi connectivity index (χ0) is 17.1. The second-order valence-electron chi connectivity index (χ2n) is 6.25. The molecule has 2 unspecified atom stereocenters. The molecule has 1 aliphatic rings. The van der Waals surface area contributed by atoms with Gasteiger partial charge in [0.2, 0.25) is 5.90 Å². The van der Waals surface area contributed by atoms with Crippen LogP contribution in [0, 0.1) is 10.8 Å².